The summed E-state index contributed by atoms with van der Waals surface area (Å²) in [5.74, 6) is 0.844. The first-order valence-electron chi connectivity index (χ1n) is 6.19. The minimum absolute atomic E-state index is 0.176. The van der Waals surface area contributed by atoms with Gasteiger partial charge >= 0.3 is 0 Å². The topological polar surface area (TPSA) is 35.2 Å². The number of methoxy groups -OCH3 is 1. The van der Waals surface area contributed by atoms with Crippen LogP contribution in [0.3, 0.4) is 0 Å². The first-order chi connectivity index (χ1) is 9.02. The molecular weight excluding hydrogens is 258 g/mol. The highest BCUT2D eigenvalue weighted by atomic mass is 35.5. The Kier molecular flexibility index (Phi) is 4.13. The van der Waals surface area contributed by atoms with Crippen molar-refractivity contribution in [2.45, 2.75) is 19.9 Å². The molecule has 0 bridgehead atoms. The van der Waals surface area contributed by atoms with Crippen molar-refractivity contribution in [2.75, 3.05) is 7.11 Å². The third kappa shape index (κ3) is 2.91. The predicted molar refractivity (Wildman–Crippen MR) is 80.0 cm³/mol. The van der Waals surface area contributed by atoms with Gasteiger partial charge in [0.15, 0.2) is 0 Å². The van der Waals surface area contributed by atoms with Crippen molar-refractivity contribution in [1.29, 1.82) is 0 Å². The van der Waals surface area contributed by atoms with Crippen molar-refractivity contribution in [3.8, 4) is 5.75 Å². The van der Waals surface area contributed by atoms with Gasteiger partial charge in [-0.2, -0.15) is 0 Å². The zero-order chi connectivity index (χ0) is 14.0. The van der Waals surface area contributed by atoms with Crippen LogP contribution in [0.25, 0.3) is 0 Å². The zero-order valence-electron chi connectivity index (χ0n) is 11.4. The molecule has 0 radical (unpaired) electrons. The van der Waals surface area contributed by atoms with Crippen LogP contribution in [0.4, 0.5) is 0 Å². The monoisotopic (exact) mass is 275 g/mol. The van der Waals surface area contributed by atoms with Gasteiger partial charge in [-0.15, -0.1) is 0 Å². The minimum Gasteiger partial charge on any atom is -0.497 e. The van der Waals surface area contributed by atoms with Crippen molar-refractivity contribution < 1.29 is 4.74 Å². The van der Waals surface area contributed by atoms with Gasteiger partial charge in [-0.05, 0) is 60.4 Å². The molecular formula is C16H18ClNO. The van der Waals surface area contributed by atoms with Gasteiger partial charge in [-0.3, -0.25) is 0 Å². The number of hydrogen-bond donors (Lipinski definition) is 1. The fourth-order valence-corrected chi connectivity index (χ4v) is 2.42. The molecule has 0 aromatic heterocycles. The Morgan fingerprint density at radius 1 is 1.00 bits per heavy atom. The van der Waals surface area contributed by atoms with Crippen molar-refractivity contribution in [2.24, 2.45) is 5.73 Å². The quantitative estimate of drug-likeness (QED) is 0.918. The molecule has 0 spiro atoms. The van der Waals surface area contributed by atoms with Crippen LogP contribution in [0.15, 0.2) is 36.4 Å². The molecule has 2 nitrogen and oxygen atoms in total. The van der Waals surface area contributed by atoms with Gasteiger partial charge in [0.1, 0.15) is 5.75 Å². The van der Waals surface area contributed by atoms with E-state index in [1.165, 1.54) is 0 Å². The van der Waals surface area contributed by atoms with Crippen LogP contribution in [0.2, 0.25) is 5.02 Å². The average molecular weight is 276 g/mol. The molecule has 2 aromatic rings. The van der Waals surface area contributed by atoms with Crippen LogP contribution < -0.4 is 10.5 Å². The van der Waals surface area contributed by atoms with E-state index in [-0.39, 0.29) is 6.04 Å². The van der Waals surface area contributed by atoms with E-state index in [0.717, 1.165) is 28.0 Å². The van der Waals surface area contributed by atoms with E-state index < -0.39 is 0 Å². The van der Waals surface area contributed by atoms with Crippen molar-refractivity contribution >= 4 is 11.6 Å². The zero-order valence-corrected chi connectivity index (χ0v) is 12.2. The molecule has 0 fully saturated rings. The van der Waals surface area contributed by atoms with Crippen molar-refractivity contribution in [1.82, 2.24) is 0 Å². The van der Waals surface area contributed by atoms with Gasteiger partial charge in [0, 0.05) is 5.02 Å². The van der Waals surface area contributed by atoms with Crippen LogP contribution in [0, 0.1) is 13.8 Å². The van der Waals surface area contributed by atoms with Crippen LogP contribution in [0.5, 0.6) is 5.75 Å². The summed E-state index contributed by atoms with van der Waals surface area (Å²) in [6.45, 7) is 4.09. The lowest BCUT2D eigenvalue weighted by Gasteiger charge is -2.18. The molecule has 0 aliphatic heterocycles. The number of rotatable bonds is 3. The standard InChI is InChI=1S/C16H18ClNO/c1-10-4-5-12(17)9-15(10)16(18)14-7-6-13(19-3)8-11(14)2/h4-9,16H,18H2,1-3H3. The SMILES string of the molecule is COc1ccc(C(N)c2cc(Cl)ccc2C)c(C)c1. The Morgan fingerprint density at radius 2 is 1.74 bits per heavy atom. The second-order valence-corrected chi connectivity index (χ2v) is 5.14. The number of halogens is 1. The summed E-state index contributed by atoms with van der Waals surface area (Å²) in [4.78, 5) is 0. The van der Waals surface area contributed by atoms with E-state index in [0.29, 0.717) is 5.02 Å². The van der Waals surface area contributed by atoms with Crippen LogP contribution in [0.1, 0.15) is 28.3 Å². The molecule has 2 N–H and O–H groups in total. The summed E-state index contributed by atoms with van der Waals surface area (Å²) in [7, 11) is 1.66. The number of ether oxygens (including phenoxy) is 1. The summed E-state index contributed by atoms with van der Waals surface area (Å²) >= 11 is 6.06. The number of nitrogens with two attached hydrogens (primary N) is 1. The average Bonchev–Trinajstić information content (AvgIpc) is 2.40. The maximum absolute atomic E-state index is 6.38. The maximum Gasteiger partial charge on any atom is 0.119 e. The maximum atomic E-state index is 6.38. The molecule has 19 heavy (non-hydrogen) atoms. The van der Waals surface area contributed by atoms with Crippen LogP contribution in [-0.4, -0.2) is 7.11 Å². The number of hydrogen-bond acceptors (Lipinski definition) is 2. The molecule has 100 valence electrons. The summed E-state index contributed by atoms with van der Waals surface area (Å²) in [6.07, 6.45) is 0. The van der Waals surface area contributed by atoms with E-state index in [2.05, 4.69) is 0 Å². The molecule has 0 aliphatic carbocycles. The molecule has 1 atom stereocenters. The second kappa shape index (κ2) is 5.64. The highest BCUT2D eigenvalue weighted by molar-refractivity contribution is 6.30. The lowest BCUT2D eigenvalue weighted by molar-refractivity contribution is 0.414. The third-order valence-corrected chi connectivity index (χ3v) is 3.62. The van der Waals surface area contributed by atoms with Crippen LogP contribution in [-0.2, 0) is 0 Å². The van der Waals surface area contributed by atoms with Crippen LogP contribution >= 0.6 is 11.6 Å². The Hall–Kier alpha value is -1.51. The Balaban J connectivity index is 2.43. The van der Waals surface area contributed by atoms with E-state index in [9.17, 15) is 0 Å². The van der Waals surface area contributed by atoms with E-state index >= 15 is 0 Å². The van der Waals surface area contributed by atoms with Gasteiger partial charge < -0.3 is 10.5 Å². The lowest BCUT2D eigenvalue weighted by Crippen LogP contribution is -2.14. The third-order valence-electron chi connectivity index (χ3n) is 3.39. The predicted octanol–water partition coefficient (Wildman–Crippen LogP) is 4.01. The van der Waals surface area contributed by atoms with Gasteiger partial charge in [-0.25, -0.2) is 0 Å². The molecule has 2 rings (SSSR count). The molecule has 2 aromatic carbocycles. The van der Waals surface area contributed by atoms with E-state index in [1.54, 1.807) is 7.11 Å². The molecule has 0 aliphatic rings. The molecule has 1 unspecified atom stereocenters. The Bertz CT molecular complexity index is 595. The molecule has 0 heterocycles. The highest BCUT2D eigenvalue weighted by Gasteiger charge is 2.14. The minimum atomic E-state index is -0.176. The first-order valence-corrected chi connectivity index (χ1v) is 6.57. The Morgan fingerprint density at radius 3 is 2.37 bits per heavy atom. The highest BCUT2D eigenvalue weighted by Crippen LogP contribution is 2.29. The summed E-state index contributed by atoms with van der Waals surface area (Å²) in [6, 6.07) is 11.6. The molecule has 3 heteroatoms. The van der Waals surface area contributed by atoms with Gasteiger partial charge in [0.25, 0.3) is 0 Å². The first kappa shape index (κ1) is 13.9. The largest absolute Gasteiger partial charge is 0.497 e. The number of aryl methyl sites for hydroxylation is 2. The molecule has 0 amide bonds. The van der Waals surface area contributed by atoms with Crippen molar-refractivity contribution in [3.05, 3.63) is 63.7 Å². The van der Waals surface area contributed by atoms with Crippen molar-refractivity contribution in [3.63, 3.8) is 0 Å². The summed E-state index contributed by atoms with van der Waals surface area (Å²) < 4.78 is 5.22. The summed E-state index contributed by atoms with van der Waals surface area (Å²) in [5, 5.41) is 0.710. The van der Waals surface area contributed by atoms with Gasteiger partial charge in [0.05, 0.1) is 13.2 Å². The lowest BCUT2D eigenvalue weighted by atomic mass is 9.93. The fraction of sp³-hybridized carbons (Fsp3) is 0.250. The smallest absolute Gasteiger partial charge is 0.119 e. The fourth-order valence-electron chi connectivity index (χ4n) is 2.24. The van der Waals surface area contributed by atoms with E-state index in [1.807, 2.05) is 50.2 Å². The molecule has 0 saturated heterocycles. The normalized spacial score (nSPS) is 12.3. The Labute approximate surface area is 119 Å². The number of benzene rings is 2. The molecule has 0 saturated carbocycles. The van der Waals surface area contributed by atoms with E-state index in [4.69, 9.17) is 22.1 Å². The van der Waals surface area contributed by atoms with Gasteiger partial charge in [0.2, 0.25) is 0 Å². The van der Waals surface area contributed by atoms with Gasteiger partial charge in [-0.1, -0.05) is 23.7 Å². The second-order valence-electron chi connectivity index (χ2n) is 4.70. The summed E-state index contributed by atoms with van der Waals surface area (Å²) in [5.41, 5.74) is 10.8.